The Labute approximate surface area is 108 Å². The summed E-state index contributed by atoms with van der Waals surface area (Å²) in [5, 5.41) is 10.9. The largest absolute Gasteiger partial charge is 0.465 e. The van der Waals surface area contributed by atoms with Crippen molar-refractivity contribution in [2.75, 3.05) is 6.54 Å². The molecule has 1 rings (SSSR count). The third-order valence-corrected chi connectivity index (χ3v) is 2.89. The molecule has 0 spiro atoms. The number of amides is 2. The first-order valence-electron chi connectivity index (χ1n) is 5.78. The van der Waals surface area contributed by atoms with E-state index >= 15 is 0 Å². The quantitative estimate of drug-likeness (QED) is 0.831. The first-order chi connectivity index (χ1) is 8.40. The number of carbonyl (C=O) groups is 2. The molecule has 0 aliphatic heterocycles. The van der Waals surface area contributed by atoms with Gasteiger partial charge in [0.15, 0.2) is 0 Å². The molecule has 1 saturated carbocycles. The summed E-state index contributed by atoms with van der Waals surface area (Å²) in [4.78, 5) is 24.0. The van der Waals surface area contributed by atoms with E-state index in [2.05, 4.69) is 0 Å². The second kappa shape index (κ2) is 4.57. The first kappa shape index (κ1) is 15.6. The normalized spacial score (nSPS) is 17.8. The number of halogens is 3. The molecule has 8 heteroatoms. The van der Waals surface area contributed by atoms with Gasteiger partial charge in [-0.1, -0.05) is 0 Å². The van der Waals surface area contributed by atoms with Crippen LogP contribution in [0.2, 0.25) is 0 Å². The summed E-state index contributed by atoms with van der Waals surface area (Å²) < 4.78 is 36.2. The molecule has 0 heterocycles. The van der Waals surface area contributed by atoms with Crippen molar-refractivity contribution >= 4 is 12.0 Å². The molecule has 0 radical (unpaired) electrons. The van der Waals surface area contributed by atoms with Gasteiger partial charge < -0.3 is 10.4 Å². The molecule has 1 aliphatic rings. The highest BCUT2D eigenvalue weighted by Gasteiger charge is 2.60. The average molecular weight is 282 g/mol. The molecule has 19 heavy (non-hydrogen) atoms. The molecule has 1 fully saturated rings. The van der Waals surface area contributed by atoms with E-state index in [-0.39, 0.29) is 12.8 Å². The van der Waals surface area contributed by atoms with Gasteiger partial charge in [-0.2, -0.15) is 13.2 Å². The summed E-state index contributed by atoms with van der Waals surface area (Å²) in [7, 11) is 0. The first-order valence-corrected chi connectivity index (χ1v) is 5.78. The summed E-state index contributed by atoms with van der Waals surface area (Å²) >= 11 is 0. The van der Waals surface area contributed by atoms with Crippen molar-refractivity contribution in [2.24, 2.45) is 0 Å². The van der Waals surface area contributed by atoms with Crippen molar-refractivity contribution < 1.29 is 27.9 Å². The van der Waals surface area contributed by atoms with E-state index < -0.39 is 35.8 Å². The topological polar surface area (TPSA) is 69.6 Å². The number of nitrogens with zero attached hydrogens (tertiary/aromatic N) is 1. The Bertz CT molecular complexity index is 384. The van der Waals surface area contributed by atoms with Crippen LogP contribution in [0.5, 0.6) is 0 Å². The van der Waals surface area contributed by atoms with Crippen molar-refractivity contribution in [3.8, 4) is 0 Å². The van der Waals surface area contributed by atoms with Gasteiger partial charge in [-0.05, 0) is 33.6 Å². The lowest BCUT2D eigenvalue weighted by Crippen LogP contribution is -2.59. The van der Waals surface area contributed by atoms with E-state index in [1.54, 1.807) is 26.1 Å². The van der Waals surface area contributed by atoms with Crippen LogP contribution >= 0.6 is 0 Å². The van der Waals surface area contributed by atoms with Crippen molar-refractivity contribution in [1.82, 2.24) is 10.2 Å². The van der Waals surface area contributed by atoms with Crippen LogP contribution in [-0.2, 0) is 4.79 Å². The van der Waals surface area contributed by atoms with E-state index in [1.807, 2.05) is 0 Å². The minimum atomic E-state index is -4.51. The molecule has 0 aromatic rings. The van der Waals surface area contributed by atoms with Crippen molar-refractivity contribution in [3.05, 3.63) is 0 Å². The van der Waals surface area contributed by atoms with Crippen LogP contribution in [0, 0.1) is 0 Å². The van der Waals surface area contributed by atoms with Crippen LogP contribution in [0.3, 0.4) is 0 Å². The maximum Gasteiger partial charge on any atom is 0.408 e. The average Bonchev–Trinajstić information content (AvgIpc) is 2.91. The summed E-state index contributed by atoms with van der Waals surface area (Å²) in [6.45, 7) is 3.33. The summed E-state index contributed by atoms with van der Waals surface area (Å²) in [6.07, 6.45) is -5.35. The Kier molecular flexibility index (Phi) is 3.75. The maximum absolute atomic E-state index is 12.1. The zero-order valence-electron chi connectivity index (χ0n) is 11.0. The molecule has 0 aromatic heterocycles. The Morgan fingerprint density at radius 3 is 2.00 bits per heavy atom. The van der Waals surface area contributed by atoms with Gasteiger partial charge in [-0.15, -0.1) is 0 Å². The lowest BCUT2D eigenvalue weighted by atomic mass is 10.0. The van der Waals surface area contributed by atoms with Gasteiger partial charge >= 0.3 is 12.3 Å². The van der Waals surface area contributed by atoms with Gasteiger partial charge in [0.2, 0.25) is 5.91 Å². The van der Waals surface area contributed by atoms with Gasteiger partial charge in [0.05, 0.1) is 0 Å². The fourth-order valence-corrected chi connectivity index (χ4v) is 2.13. The number of carboxylic acid groups (broad SMARTS) is 1. The van der Waals surface area contributed by atoms with Crippen LogP contribution in [0.25, 0.3) is 0 Å². The Morgan fingerprint density at radius 2 is 1.74 bits per heavy atom. The van der Waals surface area contributed by atoms with E-state index in [4.69, 9.17) is 0 Å². The van der Waals surface area contributed by atoms with Gasteiger partial charge in [-0.3, -0.25) is 9.69 Å². The molecule has 110 valence electrons. The number of alkyl halides is 3. The zero-order chi connectivity index (χ0) is 15.1. The SMILES string of the molecule is CC(C)(C)N(C(=O)O)C1(C(=O)NCC(F)(F)F)CC1. The summed E-state index contributed by atoms with van der Waals surface area (Å²) in [6, 6.07) is 0. The fraction of sp³-hybridized carbons (Fsp3) is 0.818. The lowest BCUT2D eigenvalue weighted by molar-refractivity contribution is -0.143. The maximum atomic E-state index is 12.1. The fourth-order valence-electron chi connectivity index (χ4n) is 2.13. The minimum absolute atomic E-state index is 0.236. The molecule has 0 bridgehead atoms. The minimum Gasteiger partial charge on any atom is -0.465 e. The highest BCUT2D eigenvalue weighted by Crippen LogP contribution is 2.45. The summed E-state index contributed by atoms with van der Waals surface area (Å²) in [5.41, 5.74) is -2.23. The molecular formula is C11H17F3N2O3. The third-order valence-electron chi connectivity index (χ3n) is 2.89. The number of rotatable bonds is 3. The smallest absolute Gasteiger partial charge is 0.408 e. The van der Waals surface area contributed by atoms with Crippen LogP contribution in [0.4, 0.5) is 18.0 Å². The second-order valence-corrected chi connectivity index (χ2v) is 5.62. The summed E-state index contributed by atoms with van der Waals surface area (Å²) in [5.74, 6) is -0.887. The molecule has 5 nitrogen and oxygen atoms in total. The highest BCUT2D eigenvalue weighted by atomic mass is 19.4. The monoisotopic (exact) mass is 282 g/mol. The third kappa shape index (κ3) is 3.51. The van der Waals surface area contributed by atoms with Crippen LogP contribution in [-0.4, -0.2) is 45.8 Å². The molecule has 0 unspecified atom stereocenters. The van der Waals surface area contributed by atoms with E-state index in [0.29, 0.717) is 0 Å². The van der Waals surface area contributed by atoms with Crippen LogP contribution in [0.15, 0.2) is 0 Å². The predicted octanol–water partition coefficient (Wildman–Crippen LogP) is 1.98. The second-order valence-electron chi connectivity index (χ2n) is 5.62. The molecular weight excluding hydrogens is 265 g/mol. The molecule has 0 saturated heterocycles. The van der Waals surface area contributed by atoms with Gasteiger partial charge in [-0.25, -0.2) is 4.79 Å². The lowest BCUT2D eigenvalue weighted by Gasteiger charge is -2.39. The number of hydrogen-bond acceptors (Lipinski definition) is 2. The van der Waals surface area contributed by atoms with E-state index in [1.165, 1.54) is 0 Å². The number of carbonyl (C=O) groups excluding carboxylic acids is 1. The predicted molar refractivity (Wildman–Crippen MR) is 60.6 cm³/mol. The standard InChI is InChI=1S/C11H17F3N2O3/c1-9(2,3)16(8(18)19)10(4-5-10)7(17)15-6-11(12,13)14/h4-6H2,1-3H3,(H,15,17)(H,18,19). The van der Waals surface area contributed by atoms with Gasteiger partial charge in [0.1, 0.15) is 12.1 Å². The van der Waals surface area contributed by atoms with E-state index in [0.717, 1.165) is 4.90 Å². The molecule has 0 aromatic carbocycles. The molecule has 2 N–H and O–H groups in total. The highest BCUT2D eigenvalue weighted by molar-refractivity contribution is 5.92. The number of nitrogens with one attached hydrogen (secondary N) is 1. The van der Waals surface area contributed by atoms with E-state index in [9.17, 15) is 27.9 Å². The van der Waals surface area contributed by atoms with Crippen molar-refractivity contribution in [3.63, 3.8) is 0 Å². The molecule has 0 atom stereocenters. The molecule has 2 amide bonds. The van der Waals surface area contributed by atoms with Gasteiger partial charge in [0, 0.05) is 5.54 Å². The van der Waals surface area contributed by atoms with Crippen molar-refractivity contribution in [1.29, 1.82) is 0 Å². The van der Waals surface area contributed by atoms with Crippen molar-refractivity contribution in [2.45, 2.75) is 50.9 Å². The Morgan fingerprint density at radius 1 is 1.26 bits per heavy atom. The Balaban J connectivity index is 2.85. The van der Waals surface area contributed by atoms with Gasteiger partial charge in [0.25, 0.3) is 0 Å². The zero-order valence-corrected chi connectivity index (χ0v) is 11.0. The van der Waals surface area contributed by atoms with Crippen LogP contribution < -0.4 is 5.32 Å². The number of hydrogen-bond donors (Lipinski definition) is 2. The Hall–Kier alpha value is -1.47. The molecule has 1 aliphatic carbocycles. The van der Waals surface area contributed by atoms with Crippen LogP contribution in [0.1, 0.15) is 33.6 Å².